The molecule has 3 aromatic rings. The smallest absolute Gasteiger partial charge is 0.130 e. The molecule has 0 radical (unpaired) electrons. The summed E-state index contributed by atoms with van der Waals surface area (Å²) in [5, 5.41) is 13.8. The van der Waals surface area contributed by atoms with Crippen LogP contribution in [-0.2, 0) is 6.54 Å². The molecule has 0 aliphatic heterocycles. The third-order valence-electron chi connectivity index (χ3n) is 4.18. The normalized spacial score (nSPS) is 11.8. The number of nitrogens with zero attached hydrogens (tertiary/aromatic N) is 2. The number of hydrogen-bond donors (Lipinski definition) is 2. The van der Waals surface area contributed by atoms with E-state index in [1.165, 1.54) is 0 Å². The number of pyridine rings is 1. The Morgan fingerprint density at radius 2 is 1.81 bits per heavy atom. The number of halogens is 1. The highest BCUT2D eigenvalue weighted by Gasteiger charge is 2.11. The van der Waals surface area contributed by atoms with Crippen LogP contribution in [0.2, 0.25) is 5.02 Å². The second kappa shape index (κ2) is 8.21. The number of para-hydroxylation sites is 2. The summed E-state index contributed by atoms with van der Waals surface area (Å²) in [5.41, 5.74) is 3.84. The van der Waals surface area contributed by atoms with Gasteiger partial charge >= 0.3 is 0 Å². The van der Waals surface area contributed by atoms with Crippen LogP contribution in [0, 0.1) is 0 Å². The molecule has 0 fully saturated rings. The van der Waals surface area contributed by atoms with E-state index >= 15 is 0 Å². The van der Waals surface area contributed by atoms with E-state index in [4.69, 9.17) is 11.6 Å². The Bertz CT molecular complexity index is 865. The van der Waals surface area contributed by atoms with Gasteiger partial charge in [0.05, 0.1) is 16.8 Å². The minimum Gasteiger partial charge on any atom is -0.389 e. The molecule has 0 amide bonds. The van der Waals surface area contributed by atoms with E-state index in [-0.39, 0.29) is 0 Å². The van der Waals surface area contributed by atoms with Crippen molar-refractivity contribution >= 4 is 28.8 Å². The molecule has 1 heterocycles. The molecule has 0 aliphatic rings. The summed E-state index contributed by atoms with van der Waals surface area (Å²) in [7, 11) is 2.01. The fraction of sp³-hybridized carbons (Fsp3) is 0.190. The fourth-order valence-electron chi connectivity index (χ4n) is 2.84. The highest BCUT2D eigenvalue weighted by Crippen LogP contribution is 2.27. The summed E-state index contributed by atoms with van der Waals surface area (Å²) in [6.07, 6.45) is 1.34. The van der Waals surface area contributed by atoms with Gasteiger partial charge in [-0.05, 0) is 36.8 Å². The van der Waals surface area contributed by atoms with Gasteiger partial charge in [0.15, 0.2) is 0 Å². The molecule has 2 aromatic carbocycles. The van der Waals surface area contributed by atoms with E-state index in [1.807, 2.05) is 73.9 Å². The van der Waals surface area contributed by atoms with Gasteiger partial charge in [0, 0.05) is 31.0 Å². The SMILES string of the molecule is CC(O)c1ccccc1N(C)Cc1ccc(Nc2ccccc2Cl)nc1. The summed E-state index contributed by atoms with van der Waals surface area (Å²) in [6.45, 7) is 2.48. The van der Waals surface area contributed by atoms with Gasteiger partial charge in [-0.15, -0.1) is 0 Å². The number of benzene rings is 2. The molecular weight excluding hydrogens is 346 g/mol. The van der Waals surface area contributed by atoms with Crippen LogP contribution in [0.15, 0.2) is 66.9 Å². The lowest BCUT2D eigenvalue weighted by Crippen LogP contribution is -2.18. The Balaban J connectivity index is 1.71. The monoisotopic (exact) mass is 367 g/mol. The molecule has 134 valence electrons. The zero-order chi connectivity index (χ0) is 18.5. The zero-order valence-electron chi connectivity index (χ0n) is 14.9. The first kappa shape index (κ1) is 18.2. The second-order valence-electron chi connectivity index (χ2n) is 6.25. The van der Waals surface area contributed by atoms with Gasteiger partial charge < -0.3 is 15.3 Å². The van der Waals surface area contributed by atoms with E-state index < -0.39 is 6.10 Å². The highest BCUT2D eigenvalue weighted by molar-refractivity contribution is 6.33. The van der Waals surface area contributed by atoms with E-state index in [1.54, 1.807) is 6.92 Å². The summed E-state index contributed by atoms with van der Waals surface area (Å²) in [5.74, 6) is 0.744. The molecule has 0 spiro atoms. The van der Waals surface area contributed by atoms with Crippen LogP contribution >= 0.6 is 11.6 Å². The van der Waals surface area contributed by atoms with Gasteiger partial charge in [0.25, 0.3) is 0 Å². The Kier molecular flexibility index (Phi) is 5.76. The average Bonchev–Trinajstić information content (AvgIpc) is 2.65. The van der Waals surface area contributed by atoms with Gasteiger partial charge in [-0.2, -0.15) is 0 Å². The van der Waals surface area contributed by atoms with Gasteiger partial charge in [-0.3, -0.25) is 0 Å². The molecule has 2 N–H and O–H groups in total. The van der Waals surface area contributed by atoms with Gasteiger partial charge in [0.1, 0.15) is 5.82 Å². The van der Waals surface area contributed by atoms with Crippen LogP contribution in [0.25, 0.3) is 0 Å². The van der Waals surface area contributed by atoms with E-state index in [0.29, 0.717) is 11.6 Å². The average molecular weight is 368 g/mol. The van der Waals surface area contributed by atoms with Crippen LogP contribution in [0.3, 0.4) is 0 Å². The van der Waals surface area contributed by atoms with Gasteiger partial charge in [-0.25, -0.2) is 4.98 Å². The molecule has 1 unspecified atom stereocenters. The maximum absolute atomic E-state index is 9.96. The first-order valence-electron chi connectivity index (χ1n) is 8.49. The number of aromatic nitrogens is 1. The maximum atomic E-state index is 9.96. The summed E-state index contributed by atoms with van der Waals surface area (Å²) >= 11 is 6.17. The van der Waals surface area contributed by atoms with Crippen LogP contribution < -0.4 is 10.2 Å². The summed E-state index contributed by atoms with van der Waals surface area (Å²) < 4.78 is 0. The van der Waals surface area contributed by atoms with Gasteiger partial charge in [-0.1, -0.05) is 48.0 Å². The lowest BCUT2D eigenvalue weighted by Gasteiger charge is -2.23. The topological polar surface area (TPSA) is 48.4 Å². The third kappa shape index (κ3) is 4.34. The minimum atomic E-state index is -0.506. The van der Waals surface area contributed by atoms with Crippen LogP contribution in [0.4, 0.5) is 17.2 Å². The molecule has 4 nitrogen and oxygen atoms in total. The predicted molar refractivity (Wildman–Crippen MR) is 108 cm³/mol. The standard InChI is InChI=1S/C21H22ClN3O/c1-15(26)17-7-3-6-10-20(17)25(2)14-16-11-12-21(23-13-16)24-19-9-5-4-8-18(19)22/h3-13,15,26H,14H2,1-2H3,(H,23,24). The van der Waals surface area contributed by atoms with Crippen molar-refractivity contribution in [2.75, 3.05) is 17.3 Å². The zero-order valence-corrected chi connectivity index (χ0v) is 15.6. The molecule has 1 aromatic heterocycles. The first-order chi connectivity index (χ1) is 12.5. The number of anilines is 3. The van der Waals surface area contributed by atoms with E-state index in [0.717, 1.165) is 28.3 Å². The Morgan fingerprint density at radius 1 is 1.08 bits per heavy atom. The van der Waals surface area contributed by atoms with Crippen molar-refractivity contribution in [3.8, 4) is 0 Å². The molecule has 0 saturated carbocycles. The lowest BCUT2D eigenvalue weighted by atomic mass is 10.1. The molecule has 0 saturated heterocycles. The lowest BCUT2D eigenvalue weighted by molar-refractivity contribution is 0.199. The van der Waals surface area contributed by atoms with Crippen molar-refractivity contribution in [1.82, 2.24) is 4.98 Å². The van der Waals surface area contributed by atoms with E-state index in [2.05, 4.69) is 15.2 Å². The summed E-state index contributed by atoms with van der Waals surface area (Å²) in [4.78, 5) is 6.58. The molecule has 1 atom stereocenters. The second-order valence-corrected chi connectivity index (χ2v) is 6.65. The van der Waals surface area contributed by atoms with Crippen molar-refractivity contribution in [3.63, 3.8) is 0 Å². The minimum absolute atomic E-state index is 0.506. The molecule has 0 aliphatic carbocycles. The van der Waals surface area contributed by atoms with Crippen molar-refractivity contribution in [1.29, 1.82) is 0 Å². The van der Waals surface area contributed by atoms with Crippen molar-refractivity contribution in [3.05, 3.63) is 83.0 Å². The molecule has 0 bridgehead atoms. The highest BCUT2D eigenvalue weighted by atomic mass is 35.5. The maximum Gasteiger partial charge on any atom is 0.130 e. The molecular formula is C21H22ClN3O. The molecule has 26 heavy (non-hydrogen) atoms. The largest absolute Gasteiger partial charge is 0.389 e. The van der Waals surface area contributed by atoms with E-state index in [9.17, 15) is 5.11 Å². The van der Waals surface area contributed by atoms with Gasteiger partial charge in [0.2, 0.25) is 0 Å². The van der Waals surface area contributed by atoms with Crippen molar-refractivity contribution in [2.45, 2.75) is 19.6 Å². The Morgan fingerprint density at radius 3 is 2.50 bits per heavy atom. The molecule has 5 heteroatoms. The Hall–Kier alpha value is -2.56. The fourth-order valence-corrected chi connectivity index (χ4v) is 3.02. The number of rotatable bonds is 6. The van der Waals surface area contributed by atoms with Crippen molar-refractivity contribution in [2.24, 2.45) is 0 Å². The first-order valence-corrected chi connectivity index (χ1v) is 8.87. The quantitative estimate of drug-likeness (QED) is 0.631. The Labute approximate surface area is 159 Å². The number of hydrogen-bond acceptors (Lipinski definition) is 4. The van der Waals surface area contributed by atoms with Crippen LogP contribution in [0.5, 0.6) is 0 Å². The number of aliphatic hydroxyl groups excluding tert-OH is 1. The molecule has 3 rings (SSSR count). The number of aliphatic hydroxyl groups is 1. The predicted octanol–water partition coefficient (Wildman–Crippen LogP) is 5.17. The van der Waals surface area contributed by atoms with Crippen LogP contribution in [-0.4, -0.2) is 17.1 Å². The third-order valence-corrected chi connectivity index (χ3v) is 4.51. The number of nitrogens with one attached hydrogen (secondary N) is 1. The van der Waals surface area contributed by atoms with Crippen molar-refractivity contribution < 1.29 is 5.11 Å². The summed E-state index contributed by atoms with van der Waals surface area (Å²) in [6, 6.07) is 19.4. The van der Waals surface area contributed by atoms with Crippen LogP contribution in [0.1, 0.15) is 24.2 Å².